The van der Waals surface area contributed by atoms with Gasteiger partial charge in [0.15, 0.2) is 0 Å². The molecule has 0 amide bonds. The van der Waals surface area contributed by atoms with Crippen molar-refractivity contribution in [3.8, 4) is 0 Å². The zero-order chi connectivity index (χ0) is 10.3. The SMILES string of the molecule is Brc1ccc(C2CN3CCN2CC3)cc1. The van der Waals surface area contributed by atoms with Gasteiger partial charge in [0.1, 0.15) is 0 Å². The Kier molecular flexibility index (Phi) is 2.54. The quantitative estimate of drug-likeness (QED) is 0.769. The van der Waals surface area contributed by atoms with E-state index in [-0.39, 0.29) is 0 Å². The van der Waals surface area contributed by atoms with E-state index in [1.165, 1.54) is 42.8 Å². The average Bonchev–Trinajstić information content (AvgIpc) is 2.31. The van der Waals surface area contributed by atoms with Crippen LogP contribution in [0.2, 0.25) is 0 Å². The highest BCUT2D eigenvalue weighted by atomic mass is 79.9. The zero-order valence-electron chi connectivity index (χ0n) is 8.69. The topological polar surface area (TPSA) is 6.48 Å². The van der Waals surface area contributed by atoms with Gasteiger partial charge in [0.05, 0.1) is 0 Å². The molecule has 3 heterocycles. The second-order valence-corrected chi connectivity index (χ2v) is 5.32. The standard InChI is InChI=1S/C12H15BrN2/c13-11-3-1-10(2-4-11)12-9-14-5-7-15(12)8-6-14/h1-4,12H,5-9H2. The van der Waals surface area contributed by atoms with Crippen LogP contribution in [-0.4, -0.2) is 42.5 Å². The van der Waals surface area contributed by atoms with E-state index in [0.717, 1.165) is 0 Å². The molecule has 2 nitrogen and oxygen atoms in total. The fourth-order valence-electron chi connectivity index (χ4n) is 2.62. The van der Waals surface area contributed by atoms with Crippen molar-refractivity contribution in [3.05, 3.63) is 34.3 Å². The Balaban J connectivity index is 1.85. The lowest BCUT2D eigenvalue weighted by molar-refractivity contribution is 0.0123. The number of piperazine rings is 3. The van der Waals surface area contributed by atoms with Crippen molar-refractivity contribution in [2.75, 3.05) is 32.7 Å². The molecule has 1 aromatic carbocycles. The molecule has 3 aliphatic heterocycles. The van der Waals surface area contributed by atoms with Crippen molar-refractivity contribution >= 4 is 15.9 Å². The van der Waals surface area contributed by atoms with Gasteiger partial charge in [0.25, 0.3) is 0 Å². The number of fused-ring (bicyclic) bond motifs is 3. The fourth-order valence-corrected chi connectivity index (χ4v) is 2.88. The Labute approximate surface area is 99.0 Å². The smallest absolute Gasteiger partial charge is 0.0476 e. The maximum absolute atomic E-state index is 3.49. The molecule has 1 aromatic rings. The van der Waals surface area contributed by atoms with Crippen LogP contribution in [0.25, 0.3) is 0 Å². The van der Waals surface area contributed by atoms with Gasteiger partial charge in [0, 0.05) is 43.2 Å². The molecular weight excluding hydrogens is 252 g/mol. The minimum Gasteiger partial charge on any atom is -0.299 e. The van der Waals surface area contributed by atoms with Crippen molar-refractivity contribution in [2.24, 2.45) is 0 Å². The lowest BCUT2D eigenvalue weighted by atomic mass is 10.00. The molecule has 80 valence electrons. The Hall–Kier alpha value is -0.380. The van der Waals surface area contributed by atoms with Gasteiger partial charge >= 0.3 is 0 Å². The molecule has 3 heteroatoms. The summed E-state index contributed by atoms with van der Waals surface area (Å²) in [7, 11) is 0. The number of nitrogens with zero attached hydrogens (tertiary/aromatic N) is 2. The van der Waals surface area contributed by atoms with Crippen molar-refractivity contribution in [2.45, 2.75) is 6.04 Å². The first-order valence-corrected chi connectivity index (χ1v) is 6.34. The maximum atomic E-state index is 3.49. The molecule has 0 radical (unpaired) electrons. The molecule has 4 rings (SSSR count). The second-order valence-electron chi connectivity index (χ2n) is 4.40. The van der Waals surface area contributed by atoms with Crippen molar-refractivity contribution in [1.82, 2.24) is 9.80 Å². The Bertz CT molecular complexity index is 341. The van der Waals surface area contributed by atoms with Crippen LogP contribution >= 0.6 is 15.9 Å². The van der Waals surface area contributed by atoms with Gasteiger partial charge in [0.2, 0.25) is 0 Å². The summed E-state index contributed by atoms with van der Waals surface area (Å²) in [5, 5.41) is 0. The highest BCUT2D eigenvalue weighted by Gasteiger charge is 2.32. The highest BCUT2D eigenvalue weighted by molar-refractivity contribution is 9.10. The number of hydrogen-bond donors (Lipinski definition) is 0. The molecule has 15 heavy (non-hydrogen) atoms. The molecular formula is C12H15BrN2. The van der Waals surface area contributed by atoms with Crippen molar-refractivity contribution in [3.63, 3.8) is 0 Å². The second kappa shape index (κ2) is 3.89. The Morgan fingerprint density at radius 2 is 1.67 bits per heavy atom. The number of rotatable bonds is 1. The van der Waals surface area contributed by atoms with Gasteiger partial charge in [-0.05, 0) is 17.7 Å². The van der Waals surface area contributed by atoms with E-state index in [9.17, 15) is 0 Å². The summed E-state index contributed by atoms with van der Waals surface area (Å²) in [6.45, 7) is 6.20. The van der Waals surface area contributed by atoms with Crippen LogP contribution in [0.1, 0.15) is 11.6 Å². The molecule has 3 fully saturated rings. The number of benzene rings is 1. The summed E-state index contributed by atoms with van der Waals surface area (Å²) in [4.78, 5) is 5.19. The van der Waals surface area contributed by atoms with Gasteiger partial charge in [-0.1, -0.05) is 28.1 Å². The first-order chi connectivity index (χ1) is 7.33. The normalized spacial score (nSPS) is 34.3. The molecule has 0 N–H and O–H groups in total. The average molecular weight is 267 g/mol. The summed E-state index contributed by atoms with van der Waals surface area (Å²) >= 11 is 3.49. The molecule has 0 aromatic heterocycles. The van der Waals surface area contributed by atoms with Crippen molar-refractivity contribution in [1.29, 1.82) is 0 Å². The summed E-state index contributed by atoms with van der Waals surface area (Å²) in [5.41, 5.74) is 1.46. The van der Waals surface area contributed by atoms with Crippen LogP contribution in [0.5, 0.6) is 0 Å². The summed E-state index contributed by atoms with van der Waals surface area (Å²) in [5.74, 6) is 0. The lowest BCUT2D eigenvalue weighted by Gasteiger charge is -2.47. The van der Waals surface area contributed by atoms with E-state index < -0.39 is 0 Å². The van der Waals surface area contributed by atoms with E-state index in [2.05, 4.69) is 50.0 Å². The van der Waals surface area contributed by atoms with E-state index in [4.69, 9.17) is 0 Å². The van der Waals surface area contributed by atoms with E-state index >= 15 is 0 Å². The third-order valence-electron chi connectivity index (χ3n) is 3.53. The van der Waals surface area contributed by atoms with Crippen LogP contribution in [-0.2, 0) is 0 Å². The Morgan fingerprint density at radius 3 is 2.20 bits per heavy atom. The Morgan fingerprint density at radius 1 is 1.00 bits per heavy atom. The summed E-state index contributed by atoms with van der Waals surface area (Å²) < 4.78 is 1.17. The molecule has 2 bridgehead atoms. The molecule has 0 saturated carbocycles. The van der Waals surface area contributed by atoms with Crippen molar-refractivity contribution < 1.29 is 0 Å². The van der Waals surface area contributed by atoms with Crippen LogP contribution < -0.4 is 0 Å². The van der Waals surface area contributed by atoms with Gasteiger partial charge in [-0.2, -0.15) is 0 Å². The maximum Gasteiger partial charge on any atom is 0.0476 e. The van der Waals surface area contributed by atoms with Gasteiger partial charge in [-0.15, -0.1) is 0 Å². The lowest BCUT2D eigenvalue weighted by Crippen LogP contribution is -2.56. The fraction of sp³-hybridized carbons (Fsp3) is 0.500. The molecule has 0 aliphatic carbocycles. The van der Waals surface area contributed by atoms with Crippen LogP contribution in [0.3, 0.4) is 0 Å². The minimum absolute atomic E-state index is 0.626. The third-order valence-corrected chi connectivity index (χ3v) is 4.06. The highest BCUT2D eigenvalue weighted by Crippen LogP contribution is 2.29. The van der Waals surface area contributed by atoms with Gasteiger partial charge < -0.3 is 0 Å². The number of halogens is 1. The predicted molar refractivity (Wildman–Crippen MR) is 64.9 cm³/mol. The summed E-state index contributed by atoms with van der Waals surface area (Å²) in [6, 6.07) is 9.41. The first kappa shape index (κ1) is 9.82. The van der Waals surface area contributed by atoms with Gasteiger partial charge in [-0.25, -0.2) is 0 Å². The number of hydrogen-bond acceptors (Lipinski definition) is 2. The van der Waals surface area contributed by atoms with Crippen LogP contribution in [0.15, 0.2) is 28.7 Å². The zero-order valence-corrected chi connectivity index (χ0v) is 10.3. The van der Waals surface area contributed by atoms with E-state index in [1.807, 2.05) is 0 Å². The van der Waals surface area contributed by atoms with Gasteiger partial charge in [-0.3, -0.25) is 9.80 Å². The monoisotopic (exact) mass is 266 g/mol. The molecule has 1 atom stereocenters. The molecule has 1 unspecified atom stereocenters. The predicted octanol–water partition coefficient (Wildman–Crippen LogP) is 2.12. The first-order valence-electron chi connectivity index (χ1n) is 5.55. The largest absolute Gasteiger partial charge is 0.299 e. The van der Waals surface area contributed by atoms with Crippen LogP contribution in [0.4, 0.5) is 0 Å². The van der Waals surface area contributed by atoms with Crippen LogP contribution in [0, 0.1) is 0 Å². The minimum atomic E-state index is 0.626. The molecule has 3 saturated heterocycles. The molecule has 3 aliphatic rings. The van der Waals surface area contributed by atoms with E-state index in [0.29, 0.717) is 6.04 Å². The summed E-state index contributed by atoms with van der Waals surface area (Å²) in [6.07, 6.45) is 0. The molecule has 0 spiro atoms. The third kappa shape index (κ3) is 1.84. The van der Waals surface area contributed by atoms with E-state index in [1.54, 1.807) is 0 Å².